The lowest BCUT2D eigenvalue weighted by molar-refractivity contribution is 0.0910. The molecule has 1 aliphatic carbocycles. The van der Waals surface area contributed by atoms with Crippen molar-refractivity contribution in [2.75, 3.05) is 26.4 Å². The van der Waals surface area contributed by atoms with Gasteiger partial charge in [-0.1, -0.05) is 11.8 Å². The summed E-state index contributed by atoms with van der Waals surface area (Å²) in [5.74, 6) is 6.38. The Morgan fingerprint density at radius 1 is 1.55 bits per heavy atom. The molecule has 2 N–H and O–H groups in total. The number of aliphatic hydroxyl groups is 1. The molecule has 0 saturated heterocycles. The molecule has 0 spiro atoms. The molecule has 5 heteroatoms. The zero-order valence-corrected chi connectivity index (χ0v) is 12.2. The van der Waals surface area contributed by atoms with Gasteiger partial charge >= 0.3 is 0 Å². The number of amides is 1. The molecule has 108 valence electrons. The lowest BCUT2D eigenvalue weighted by atomic mass is 10.2. The zero-order chi connectivity index (χ0) is 14.2. The summed E-state index contributed by atoms with van der Waals surface area (Å²) in [6.07, 6.45) is 2.97. The molecule has 4 nitrogen and oxygen atoms in total. The van der Waals surface area contributed by atoms with E-state index in [0.29, 0.717) is 24.4 Å². The van der Waals surface area contributed by atoms with Crippen LogP contribution in [-0.2, 0) is 4.74 Å². The van der Waals surface area contributed by atoms with E-state index >= 15 is 0 Å². The Balaban J connectivity index is 1.73. The first-order chi connectivity index (χ1) is 9.81. The van der Waals surface area contributed by atoms with Crippen LogP contribution in [0.15, 0.2) is 11.4 Å². The van der Waals surface area contributed by atoms with Crippen molar-refractivity contribution in [2.45, 2.75) is 19.3 Å². The maximum absolute atomic E-state index is 12.0. The molecule has 1 saturated carbocycles. The molecule has 2 rings (SSSR count). The molecular weight excluding hydrogens is 274 g/mol. The van der Waals surface area contributed by atoms with Gasteiger partial charge < -0.3 is 15.2 Å². The molecule has 0 aromatic carbocycles. The van der Waals surface area contributed by atoms with Crippen LogP contribution in [0.25, 0.3) is 0 Å². The van der Waals surface area contributed by atoms with Gasteiger partial charge in [0, 0.05) is 25.1 Å². The topological polar surface area (TPSA) is 58.6 Å². The van der Waals surface area contributed by atoms with Crippen molar-refractivity contribution < 1.29 is 14.6 Å². The molecule has 0 bridgehead atoms. The average molecular weight is 293 g/mol. The SMILES string of the molecule is O=C(NCCOCC1CC1)c1sccc1C#CCCO. The number of hydrogen-bond acceptors (Lipinski definition) is 4. The predicted octanol–water partition coefficient (Wildman–Crippen LogP) is 1.64. The lowest BCUT2D eigenvalue weighted by Gasteiger charge is -2.05. The van der Waals surface area contributed by atoms with Crippen LogP contribution in [-0.4, -0.2) is 37.4 Å². The van der Waals surface area contributed by atoms with Gasteiger partial charge in [-0.2, -0.15) is 0 Å². The van der Waals surface area contributed by atoms with Gasteiger partial charge in [0.25, 0.3) is 5.91 Å². The molecule has 0 radical (unpaired) electrons. The smallest absolute Gasteiger partial charge is 0.262 e. The number of nitrogens with one attached hydrogen (secondary N) is 1. The van der Waals surface area contributed by atoms with E-state index in [1.54, 1.807) is 0 Å². The van der Waals surface area contributed by atoms with Crippen LogP contribution < -0.4 is 5.32 Å². The van der Waals surface area contributed by atoms with Crippen LogP contribution in [0.3, 0.4) is 0 Å². The Morgan fingerprint density at radius 2 is 2.40 bits per heavy atom. The average Bonchev–Trinajstić information content (AvgIpc) is 3.15. The first kappa shape index (κ1) is 15.0. The highest BCUT2D eigenvalue weighted by atomic mass is 32.1. The van der Waals surface area contributed by atoms with Crippen molar-refractivity contribution in [2.24, 2.45) is 5.92 Å². The van der Waals surface area contributed by atoms with Crippen molar-refractivity contribution in [1.82, 2.24) is 5.32 Å². The third kappa shape index (κ3) is 4.97. The Kier molecular flexibility index (Phi) is 6.06. The number of ether oxygens (including phenoxy) is 1. The fraction of sp³-hybridized carbons (Fsp3) is 0.533. The monoisotopic (exact) mass is 293 g/mol. The molecule has 0 atom stereocenters. The zero-order valence-electron chi connectivity index (χ0n) is 11.4. The third-order valence-corrected chi connectivity index (χ3v) is 3.83. The molecule has 1 heterocycles. The summed E-state index contributed by atoms with van der Waals surface area (Å²) >= 11 is 1.38. The van der Waals surface area contributed by atoms with Crippen LogP contribution in [0.5, 0.6) is 0 Å². The van der Waals surface area contributed by atoms with Crippen LogP contribution in [0, 0.1) is 17.8 Å². The van der Waals surface area contributed by atoms with Gasteiger partial charge in [-0.3, -0.25) is 4.79 Å². The summed E-state index contributed by atoms with van der Waals surface area (Å²) in [7, 11) is 0. The van der Waals surface area contributed by atoms with Gasteiger partial charge in [-0.15, -0.1) is 11.3 Å². The fourth-order valence-corrected chi connectivity index (χ4v) is 2.41. The Morgan fingerprint density at radius 3 is 3.15 bits per heavy atom. The summed E-state index contributed by atoms with van der Waals surface area (Å²) in [5.41, 5.74) is 0.722. The lowest BCUT2D eigenvalue weighted by Crippen LogP contribution is -2.27. The van der Waals surface area contributed by atoms with Gasteiger partial charge in [-0.05, 0) is 30.2 Å². The third-order valence-electron chi connectivity index (χ3n) is 2.91. The van der Waals surface area contributed by atoms with Gasteiger partial charge in [-0.25, -0.2) is 0 Å². The van der Waals surface area contributed by atoms with E-state index in [9.17, 15) is 4.79 Å². The van der Waals surface area contributed by atoms with E-state index < -0.39 is 0 Å². The standard InChI is InChI=1S/C15H19NO3S/c17-8-2-1-3-13-6-10-20-14(13)15(18)16-7-9-19-11-12-4-5-12/h6,10,12,17H,2,4-5,7-9,11H2,(H,16,18). The number of carbonyl (C=O) groups excluding carboxylic acids is 1. The molecule has 1 amide bonds. The number of carbonyl (C=O) groups is 1. The summed E-state index contributed by atoms with van der Waals surface area (Å²) in [5, 5.41) is 13.4. The first-order valence-corrected chi connectivity index (χ1v) is 7.72. The van der Waals surface area contributed by atoms with Gasteiger partial charge in [0.1, 0.15) is 4.88 Å². The second-order valence-corrected chi connectivity index (χ2v) is 5.63. The molecule has 1 aromatic rings. The highest BCUT2D eigenvalue weighted by Crippen LogP contribution is 2.28. The molecular formula is C15H19NO3S. The predicted molar refractivity (Wildman–Crippen MR) is 78.8 cm³/mol. The minimum absolute atomic E-state index is 0.0387. The van der Waals surface area contributed by atoms with Crippen molar-refractivity contribution in [1.29, 1.82) is 0 Å². The van der Waals surface area contributed by atoms with Gasteiger partial charge in [0.05, 0.1) is 13.2 Å². The highest BCUT2D eigenvalue weighted by Gasteiger charge is 2.20. The minimum atomic E-state index is -0.108. The van der Waals surface area contributed by atoms with E-state index in [1.807, 2.05) is 11.4 Å². The number of thiophene rings is 1. The van der Waals surface area contributed by atoms with Crippen LogP contribution in [0.4, 0.5) is 0 Å². The van der Waals surface area contributed by atoms with Crippen molar-refractivity contribution in [3.8, 4) is 11.8 Å². The van der Waals surface area contributed by atoms with E-state index in [-0.39, 0.29) is 12.5 Å². The van der Waals surface area contributed by atoms with E-state index in [2.05, 4.69) is 17.2 Å². The molecule has 1 aliphatic rings. The summed E-state index contributed by atoms with van der Waals surface area (Å²) in [6, 6.07) is 1.83. The molecule has 1 aromatic heterocycles. The Bertz CT molecular complexity index is 497. The second kappa shape index (κ2) is 8.05. The van der Waals surface area contributed by atoms with Crippen LogP contribution in [0.2, 0.25) is 0 Å². The first-order valence-electron chi connectivity index (χ1n) is 6.84. The quantitative estimate of drug-likeness (QED) is 0.593. The van der Waals surface area contributed by atoms with E-state index in [4.69, 9.17) is 9.84 Å². The van der Waals surface area contributed by atoms with Crippen molar-refractivity contribution in [3.63, 3.8) is 0 Å². The largest absolute Gasteiger partial charge is 0.395 e. The highest BCUT2D eigenvalue weighted by molar-refractivity contribution is 7.12. The second-order valence-electron chi connectivity index (χ2n) is 4.71. The normalized spacial score (nSPS) is 13.7. The Hall–Kier alpha value is -1.35. The number of aliphatic hydroxyl groups excluding tert-OH is 1. The van der Waals surface area contributed by atoms with E-state index in [1.165, 1.54) is 24.2 Å². The maximum atomic E-state index is 12.0. The van der Waals surface area contributed by atoms with Crippen LogP contribution >= 0.6 is 11.3 Å². The molecule has 0 aliphatic heterocycles. The van der Waals surface area contributed by atoms with Gasteiger partial charge in [0.2, 0.25) is 0 Å². The summed E-state index contributed by atoms with van der Waals surface area (Å²) in [6.45, 7) is 1.93. The number of hydrogen-bond donors (Lipinski definition) is 2. The van der Waals surface area contributed by atoms with Gasteiger partial charge in [0.15, 0.2) is 0 Å². The molecule has 0 unspecified atom stereocenters. The number of rotatable bonds is 7. The van der Waals surface area contributed by atoms with Crippen molar-refractivity contribution >= 4 is 17.2 Å². The molecule has 1 fully saturated rings. The van der Waals surface area contributed by atoms with Crippen LogP contribution in [0.1, 0.15) is 34.5 Å². The fourth-order valence-electron chi connectivity index (χ4n) is 1.65. The van der Waals surface area contributed by atoms with E-state index in [0.717, 1.165) is 18.1 Å². The summed E-state index contributed by atoms with van der Waals surface area (Å²) in [4.78, 5) is 12.6. The Labute approximate surface area is 123 Å². The van der Waals surface area contributed by atoms with Crippen molar-refractivity contribution in [3.05, 3.63) is 21.9 Å². The maximum Gasteiger partial charge on any atom is 0.262 e. The minimum Gasteiger partial charge on any atom is -0.395 e. The summed E-state index contributed by atoms with van der Waals surface area (Å²) < 4.78 is 5.47. The molecule has 20 heavy (non-hydrogen) atoms.